The molecule has 0 saturated carbocycles. The van der Waals surface area contributed by atoms with Crippen LogP contribution in [-0.2, 0) is 16.3 Å². The fourth-order valence-corrected chi connectivity index (χ4v) is 5.29. The molecule has 0 saturated heterocycles. The highest BCUT2D eigenvalue weighted by Gasteiger charge is 2.37. The smallest absolute Gasteiger partial charge is 0.179 e. The molecule has 21 heavy (non-hydrogen) atoms. The maximum atomic E-state index is 12.2. The Morgan fingerprint density at radius 1 is 1.14 bits per heavy atom. The molecular weight excluding hydrogens is 350 g/mol. The van der Waals surface area contributed by atoms with Gasteiger partial charge in [0, 0.05) is 16.4 Å². The zero-order valence-corrected chi connectivity index (χ0v) is 13.8. The number of nitrogens with two attached hydrogens (primary N) is 1. The van der Waals surface area contributed by atoms with Crippen LogP contribution in [0, 0.1) is 0 Å². The summed E-state index contributed by atoms with van der Waals surface area (Å²) in [5.74, 6) is -0.0314. The largest absolute Gasteiger partial charge is 0.327 e. The molecule has 0 aromatic heterocycles. The first kappa shape index (κ1) is 14.8. The Balaban J connectivity index is 1.90. The normalized spacial score (nSPS) is 21.0. The second kappa shape index (κ2) is 5.55. The standard InChI is InChI=1S/C16H16BrNO2S/c17-14-7-3-1-5-11(14)9-15(18)13-10-21(19,20)16-8-4-2-6-12(13)16/h1-8,13,15H,9-10,18H2. The fourth-order valence-electron chi connectivity index (χ4n) is 2.90. The number of halogens is 1. The van der Waals surface area contributed by atoms with Gasteiger partial charge >= 0.3 is 0 Å². The molecule has 1 aliphatic heterocycles. The van der Waals surface area contributed by atoms with Gasteiger partial charge in [0.2, 0.25) is 0 Å². The molecule has 0 aliphatic carbocycles. The van der Waals surface area contributed by atoms with Crippen LogP contribution in [-0.4, -0.2) is 20.2 Å². The number of benzene rings is 2. The summed E-state index contributed by atoms with van der Waals surface area (Å²) in [5.41, 5.74) is 8.29. The van der Waals surface area contributed by atoms with Crippen molar-refractivity contribution in [3.63, 3.8) is 0 Å². The highest BCUT2D eigenvalue weighted by atomic mass is 79.9. The van der Waals surface area contributed by atoms with Gasteiger partial charge in [-0.3, -0.25) is 0 Å². The number of hydrogen-bond acceptors (Lipinski definition) is 3. The summed E-state index contributed by atoms with van der Waals surface area (Å²) >= 11 is 3.51. The monoisotopic (exact) mass is 365 g/mol. The third kappa shape index (κ3) is 2.78. The highest BCUT2D eigenvalue weighted by molar-refractivity contribution is 9.10. The zero-order valence-electron chi connectivity index (χ0n) is 11.4. The first-order valence-corrected chi connectivity index (χ1v) is 9.24. The summed E-state index contributed by atoms with van der Waals surface area (Å²) in [7, 11) is -3.19. The van der Waals surface area contributed by atoms with Crippen LogP contribution in [0.2, 0.25) is 0 Å². The summed E-state index contributed by atoms with van der Waals surface area (Å²) in [6.07, 6.45) is 0.649. The molecule has 2 atom stereocenters. The van der Waals surface area contributed by atoms with Crippen molar-refractivity contribution < 1.29 is 8.42 Å². The van der Waals surface area contributed by atoms with Crippen LogP contribution in [0.1, 0.15) is 17.0 Å². The molecule has 3 rings (SSSR count). The zero-order chi connectivity index (χ0) is 15.0. The van der Waals surface area contributed by atoms with Crippen molar-refractivity contribution in [3.8, 4) is 0 Å². The second-order valence-electron chi connectivity index (χ2n) is 5.39. The topological polar surface area (TPSA) is 60.2 Å². The van der Waals surface area contributed by atoms with Gasteiger partial charge in [-0.1, -0.05) is 52.3 Å². The van der Waals surface area contributed by atoms with Gasteiger partial charge in [-0.25, -0.2) is 8.42 Å². The third-order valence-electron chi connectivity index (χ3n) is 3.98. The summed E-state index contributed by atoms with van der Waals surface area (Å²) < 4.78 is 25.5. The van der Waals surface area contributed by atoms with Gasteiger partial charge < -0.3 is 5.73 Å². The van der Waals surface area contributed by atoms with Crippen molar-refractivity contribution >= 4 is 25.8 Å². The maximum absolute atomic E-state index is 12.2. The van der Waals surface area contributed by atoms with E-state index in [2.05, 4.69) is 15.9 Å². The van der Waals surface area contributed by atoms with E-state index >= 15 is 0 Å². The van der Waals surface area contributed by atoms with Gasteiger partial charge in [0.25, 0.3) is 0 Å². The van der Waals surface area contributed by atoms with Crippen LogP contribution in [0.5, 0.6) is 0 Å². The van der Waals surface area contributed by atoms with E-state index in [9.17, 15) is 8.42 Å². The summed E-state index contributed by atoms with van der Waals surface area (Å²) in [4.78, 5) is 0.442. The molecule has 3 nitrogen and oxygen atoms in total. The van der Waals surface area contributed by atoms with Gasteiger partial charge in [-0.15, -0.1) is 0 Å². The summed E-state index contributed by atoms with van der Waals surface area (Å²) in [6, 6.07) is 14.9. The molecule has 1 heterocycles. The molecule has 0 spiro atoms. The van der Waals surface area contributed by atoms with Crippen LogP contribution < -0.4 is 5.73 Å². The minimum absolute atomic E-state index is 0.109. The molecule has 110 valence electrons. The molecule has 0 bridgehead atoms. The van der Waals surface area contributed by atoms with Crippen LogP contribution in [0.15, 0.2) is 57.9 Å². The van der Waals surface area contributed by atoms with E-state index < -0.39 is 9.84 Å². The first-order valence-electron chi connectivity index (χ1n) is 6.80. The van der Waals surface area contributed by atoms with E-state index in [0.29, 0.717) is 11.3 Å². The third-order valence-corrected chi connectivity index (χ3v) is 6.60. The van der Waals surface area contributed by atoms with E-state index in [4.69, 9.17) is 5.73 Å². The Labute approximate surface area is 133 Å². The predicted octanol–water partition coefficient (Wildman–Crippen LogP) is 2.89. The van der Waals surface area contributed by atoms with Gasteiger partial charge in [-0.2, -0.15) is 0 Å². The lowest BCUT2D eigenvalue weighted by molar-refractivity contribution is 0.558. The lowest BCUT2D eigenvalue weighted by Crippen LogP contribution is -2.32. The molecule has 2 aromatic carbocycles. The summed E-state index contributed by atoms with van der Waals surface area (Å²) in [6.45, 7) is 0. The molecule has 5 heteroatoms. The lowest BCUT2D eigenvalue weighted by Gasteiger charge is -2.20. The van der Waals surface area contributed by atoms with Crippen LogP contribution in [0.4, 0.5) is 0 Å². The Bertz CT molecular complexity index is 773. The van der Waals surface area contributed by atoms with Crippen molar-refractivity contribution in [1.29, 1.82) is 0 Å². The number of hydrogen-bond donors (Lipinski definition) is 1. The van der Waals surface area contributed by atoms with E-state index in [1.807, 2.05) is 36.4 Å². The first-order chi connectivity index (χ1) is 9.99. The van der Waals surface area contributed by atoms with Crippen molar-refractivity contribution in [3.05, 3.63) is 64.1 Å². The quantitative estimate of drug-likeness (QED) is 0.909. The fraction of sp³-hybridized carbons (Fsp3) is 0.250. The summed E-state index contributed by atoms with van der Waals surface area (Å²) in [5, 5.41) is 0. The van der Waals surface area contributed by atoms with E-state index in [1.54, 1.807) is 12.1 Å². The van der Waals surface area contributed by atoms with Crippen molar-refractivity contribution in [1.82, 2.24) is 0 Å². The number of fused-ring (bicyclic) bond motifs is 1. The molecular formula is C16H16BrNO2S. The molecule has 2 unspecified atom stereocenters. The van der Waals surface area contributed by atoms with Crippen LogP contribution >= 0.6 is 15.9 Å². The lowest BCUT2D eigenvalue weighted by atomic mass is 9.90. The van der Waals surface area contributed by atoms with E-state index in [-0.39, 0.29) is 17.7 Å². The van der Waals surface area contributed by atoms with Gasteiger partial charge in [0.1, 0.15) is 0 Å². The minimum atomic E-state index is -3.19. The van der Waals surface area contributed by atoms with Gasteiger partial charge in [0.05, 0.1) is 10.6 Å². The Morgan fingerprint density at radius 3 is 2.57 bits per heavy atom. The Morgan fingerprint density at radius 2 is 1.81 bits per heavy atom. The minimum Gasteiger partial charge on any atom is -0.327 e. The van der Waals surface area contributed by atoms with Crippen LogP contribution in [0.25, 0.3) is 0 Å². The number of sulfone groups is 1. The highest BCUT2D eigenvalue weighted by Crippen LogP contribution is 2.37. The maximum Gasteiger partial charge on any atom is 0.179 e. The van der Waals surface area contributed by atoms with Crippen molar-refractivity contribution in [2.75, 3.05) is 5.75 Å². The predicted molar refractivity (Wildman–Crippen MR) is 87.1 cm³/mol. The molecule has 2 N–H and O–H groups in total. The number of rotatable bonds is 3. The second-order valence-corrected chi connectivity index (χ2v) is 8.24. The molecule has 2 aromatic rings. The van der Waals surface area contributed by atoms with Gasteiger partial charge in [-0.05, 0) is 29.7 Å². The molecule has 1 aliphatic rings. The average Bonchev–Trinajstić information content (AvgIpc) is 2.74. The molecule has 0 amide bonds. The van der Waals surface area contributed by atoms with Crippen LogP contribution in [0.3, 0.4) is 0 Å². The molecule has 0 fully saturated rings. The SMILES string of the molecule is NC(Cc1ccccc1Br)C1CS(=O)(=O)c2ccccc21. The molecule has 0 radical (unpaired) electrons. The van der Waals surface area contributed by atoms with Crippen molar-refractivity contribution in [2.45, 2.75) is 23.3 Å². The van der Waals surface area contributed by atoms with E-state index in [0.717, 1.165) is 15.6 Å². The van der Waals surface area contributed by atoms with Gasteiger partial charge in [0.15, 0.2) is 9.84 Å². The van der Waals surface area contributed by atoms with E-state index in [1.165, 1.54) is 0 Å². The van der Waals surface area contributed by atoms with Crippen molar-refractivity contribution in [2.24, 2.45) is 5.73 Å². The Kier molecular flexibility index (Phi) is 3.90. The Hall–Kier alpha value is -1.17. The average molecular weight is 366 g/mol.